The van der Waals surface area contributed by atoms with E-state index in [9.17, 15) is 13.2 Å². The molecule has 0 bridgehead atoms. The highest BCUT2D eigenvalue weighted by Gasteiger charge is 2.34. The highest BCUT2D eigenvalue weighted by atomic mass is 35.5. The van der Waals surface area contributed by atoms with Gasteiger partial charge in [-0.1, -0.05) is 31.9 Å². The van der Waals surface area contributed by atoms with E-state index < -0.39 is 10.0 Å². The molecule has 1 unspecified atom stereocenters. The number of piperidine rings is 1. The second-order valence-corrected chi connectivity index (χ2v) is 8.80. The number of likely N-dealkylation sites (tertiary alicyclic amines) is 1. The van der Waals surface area contributed by atoms with E-state index in [0.29, 0.717) is 43.9 Å². The number of nitrogens with two attached hydrogens (primary N) is 1. The predicted molar refractivity (Wildman–Crippen MR) is 112 cm³/mol. The molecule has 1 amide bonds. The molecule has 3 N–H and O–H groups in total. The molecule has 3 rings (SSSR count). The fourth-order valence-corrected chi connectivity index (χ4v) is 4.92. The Morgan fingerprint density at radius 1 is 1.32 bits per heavy atom. The molecule has 0 spiro atoms. The molecule has 0 aliphatic carbocycles. The van der Waals surface area contributed by atoms with Gasteiger partial charge in [0.25, 0.3) is 10.0 Å². The van der Waals surface area contributed by atoms with Crippen LogP contribution in [0.15, 0.2) is 33.6 Å². The number of unbranched alkanes of at least 4 members (excludes halogenated alkanes) is 1. The predicted octanol–water partition coefficient (Wildman–Crippen LogP) is 1.90. The number of amidine groups is 1. The first-order chi connectivity index (χ1) is 13.0. The number of benzene rings is 1. The average molecular weight is 429 g/mol. The summed E-state index contributed by atoms with van der Waals surface area (Å²) in [4.78, 5) is 14.8. The average Bonchev–Trinajstić information content (AvgIpc) is 2.96. The minimum absolute atomic E-state index is 0. The maximum atomic E-state index is 12.5. The first-order valence-corrected chi connectivity index (χ1v) is 11.1. The minimum atomic E-state index is -3.61. The molecule has 0 radical (unpaired) electrons. The van der Waals surface area contributed by atoms with Crippen molar-refractivity contribution in [3.05, 3.63) is 29.8 Å². The van der Waals surface area contributed by atoms with E-state index in [0.717, 1.165) is 19.3 Å². The van der Waals surface area contributed by atoms with Crippen LogP contribution in [0.2, 0.25) is 0 Å². The molecule has 0 aromatic heterocycles. The van der Waals surface area contributed by atoms with Crippen LogP contribution in [-0.4, -0.2) is 50.7 Å². The molecule has 1 fully saturated rings. The Kier molecular flexibility index (Phi) is 7.86. The van der Waals surface area contributed by atoms with E-state index in [4.69, 9.17) is 5.73 Å². The van der Waals surface area contributed by atoms with Crippen molar-refractivity contribution < 1.29 is 13.2 Å². The smallest absolute Gasteiger partial charge is 0.285 e. The Morgan fingerprint density at radius 3 is 2.64 bits per heavy atom. The fraction of sp³-hybridized carbons (Fsp3) is 0.579. The van der Waals surface area contributed by atoms with Gasteiger partial charge in [-0.3, -0.25) is 4.79 Å². The molecular formula is C19H29ClN4O3S. The summed E-state index contributed by atoms with van der Waals surface area (Å²) in [7, 11) is -3.61. The highest BCUT2D eigenvalue weighted by Crippen LogP contribution is 2.29. The van der Waals surface area contributed by atoms with Gasteiger partial charge in [-0.05, 0) is 31.4 Å². The van der Waals surface area contributed by atoms with E-state index >= 15 is 0 Å². The van der Waals surface area contributed by atoms with Gasteiger partial charge in [0.1, 0.15) is 4.90 Å². The third-order valence-electron chi connectivity index (χ3n) is 5.31. The van der Waals surface area contributed by atoms with Gasteiger partial charge in [-0.2, -0.15) is 8.42 Å². The molecule has 2 heterocycles. The van der Waals surface area contributed by atoms with Crippen LogP contribution in [0.1, 0.15) is 44.6 Å². The summed E-state index contributed by atoms with van der Waals surface area (Å²) in [6.45, 7) is 3.80. The Balaban J connectivity index is 0.00000280. The number of halogens is 1. The summed E-state index contributed by atoms with van der Waals surface area (Å²) in [5, 5.41) is 3.08. The zero-order valence-corrected chi connectivity index (χ0v) is 17.8. The molecule has 0 saturated carbocycles. The van der Waals surface area contributed by atoms with Crippen molar-refractivity contribution in [3.8, 4) is 0 Å². The second kappa shape index (κ2) is 9.71. The fourth-order valence-electron chi connectivity index (χ4n) is 3.69. The van der Waals surface area contributed by atoms with Gasteiger partial charge in [0.15, 0.2) is 5.84 Å². The summed E-state index contributed by atoms with van der Waals surface area (Å²) < 4.78 is 28.4. The number of fused-ring (bicyclic) bond motifs is 1. The van der Waals surface area contributed by atoms with Crippen LogP contribution >= 0.6 is 12.4 Å². The SMILES string of the molecule is CCCCC(CN)NC(=O)C1CCN(C2=NS(=O)(=O)c3ccccc32)CC1.Cl. The quantitative estimate of drug-likeness (QED) is 0.719. The molecule has 2 aliphatic rings. The number of nitrogens with zero attached hydrogens (tertiary/aromatic N) is 2. The van der Waals surface area contributed by atoms with Crippen LogP contribution < -0.4 is 11.1 Å². The number of hydrogen-bond donors (Lipinski definition) is 2. The van der Waals surface area contributed by atoms with Crippen molar-refractivity contribution in [2.24, 2.45) is 16.0 Å². The molecular weight excluding hydrogens is 400 g/mol. The third kappa shape index (κ3) is 4.85. The molecule has 156 valence electrons. The van der Waals surface area contributed by atoms with Crippen molar-refractivity contribution in [1.82, 2.24) is 10.2 Å². The maximum absolute atomic E-state index is 12.5. The van der Waals surface area contributed by atoms with Gasteiger partial charge in [-0.15, -0.1) is 16.8 Å². The molecule has 1 saturated heterocycles. The highest BCUT2D eigenvalue weighted by molar-refractivity contribution is 7.90. The summed E-state index contributed by atoms with van der Waals surface area (Å²) in [6, 6.07) is 6.93. The van der Waals surface area contributed by atoms with Crippen molar-refractivity contribution in [3.63, 3.8) is 0 Å². The van der Waals surface area contributed by atoms with E-state index in [1.807, 2.05) is 11.0 Å². The number of rotatable bonds is 6. The first-order valence-electron chi connectivity index (χ1n) is 9.66. The van der Waals surface area contributed by atoms with Crippen LogP contribution in [0, 0.1) is 5.92 Å². The Morgan fingerprint density at radius 2 is 2.00 bits per heavy atom. The third-order valence-corrected chi connectivity index (χ3v) is 6.64. The molecule has 2 aliphatic heterocycles. The number of carbonyl (C=O) groups is 1. The Labute approximate surface area is 173 Å². The second-order valence-electron chi connectivity index (χ2n) is 7.23. The van der Waals surface area contributed by atoms with Gasteiger partial charge >= 0.3 is 0 Å². The summed E-state index contributed by atoms with van der Waals surface area (Å²) >= 11 is 0. The van der Waals surface area contributed by atoms with Crippen LogP contribution in [0.3, 0.4) is 0 Å². The van der Waals surface area contributed by atoms with Crippen molar-refractivity contribution in [2.45, 2.75) is 50.0 Å². The lowest BCUT2D eigenvalue weighted by Gasteiger charge is -2.33. The number of nitrogens with one attached hydrogen (secondary N) is 1. The van der Waals surface area contributed by atoms with Crippen LogP contribution in [0.5, 0.6) is 0 Å². The maximum Gasteiger partial charge on any atom is 0.285 e. The lowest BCUT2D eigenvalue weighted by atomic mass is 9.94. The largest absolute Gasteiger partial charge is 0.355 e. The van der Waals surface area contributed by atoms with Crippen LogP contribution in [0.4, 0.5) is 0 Å². The lowest BCUT2D eigenvalue weighted by Crippen LogP contribution is -2.47. The molecule has 1 aromatic carbocycles. The standard InChI is InChI=1S/C19H28N4O3S.ClH/c1-2-3-6-15(13-20)21-19(24)14-9-11-23(12-10-14)18-16-7-4-5-8-17(16)27(25,26)22-18;/h4-5,7-8,14-15H,2-3,6,9-13,20H2,1H3,(H,21,24);1H. The zero-order valence-electron chi connectivity index (χ0n) is 16.1. The topological polar surface area (TPSA) is 105 Å². The van der Waals surface area contributed by atoms with Crippen molar-refractivity contribution in [1.29, 1.82) is 0 Å². The van der Waals surface area contributed by atoms with E-state index in [2.05, 4.69) is 16.6 Å². The Bertz CT molecular complexity index is 820. The molecule has 28 heavy (non-hydrogen) atoms. The van der Waals surface area contributed by atoms with Gasteiger partial charge in [0.2, 0.25) is 5.91 Å². The molecule has 1 aromatic rings. The van der Waals surface area contributed by atoms with Gasteiger partial charge in [0, 0.05) is 37.2 Å². The van der Waals surface area contributed by atoms with E-state index in [-0.39, 0.29) is 35.2 Å². The monoisotopic (exact) mass is 428 g/mol. The van der Waals surface area contributed by atoms with E-state index in [1.165, 1.54) is 0 Å². The van der Waals surface area contributed by atoms with Crippen LogP contribution in [-0.2, 0) is 14.8 Å². The summed E-state index contributed by atoms with van der Waals surface area (Å²) in [5.41, 5.74) is 6.43. The number of carbonyl (C=O) groups excluding carboxylic acids is 1. The van der Waals surface area contributed by atoms with Crippen molar-refractivity contribution in [2.75, 3.05) is 19.6 Å². The molecule has 1 atom stereocenters. The zero-order chi connectivity index (χ0) is 19.4. The van der Waals surface area contributed by atoms with Crippen molar-refractivity contribution >= 4 is 34.2 Å². The summed E-state index contributed by atoms with van der Waals surface area (Å²) in [5.74, 6) is 0.501. The van der Waals surface area contributed by atoms with Gasteiger partial charge < -0.3 is 16.0 Å². The van der Waals surface area contributed by atoms with Gasteiger partial charge in [-0.25, -0.2) is 0 Å². The lowest BCUT2D eigenvalue weighted by molar-refractivity contribution is -0.126. The molecule has 7 nitrogen and oxygen atoms in total. The molecule has 9 heteroatoms. The Hall–Kier alpha value is -1.64. The normalized spacial score (nSPS) is 19.4. The number of amides is 1. The number of sulfonamides is 1. The van der Waals surface area contributed by atoms with E-state index in [1.54, 1.807) is 18.2 Å². The van der Waals surface area contributed by atoms with Gasteiger partial charge in [0.05, 0.1) is 0 Å². The first kappa shape index (κ1) is 22.6. The van der Waals surface area contributed by atoms with Crippen LogP contribution in [0.25, 0.3) is 0 Å². The number of hydrogen-bond acceptors (Lipinski definition) is 5. The summed E-state index contributed by atoms with van der Waals surface area (Å²) in [6.07, 6.45) is 4.39. The minimum Gasteiger partial charge on any atom is -0.355 e.